The van der Waals surface area contributed by atoms with E-state index in [1.807, 2.05) is 48.5 Å². The Morgan fingerprint density at radius 2 is 1.62 bits per heavy atom. The van der Waals surface area contributed by atoms with Gasteiger partial charge in [-0.25, -0.2) is 4.68 Å². The average molecular weight is 448 g/mol. The standard InChI is InChI=1S/C25H22ClN3O3/c1-17-23(25(31)29(28(17)2)19-11-4-3-5-12-19)27-24(30)20-13-7-9-15-22(20)32-16-18-10-6-8-14-21(18)26/h3-15H,16H2,1-2H3,(H,27,30). The third-order valence-electron chi connectivity index (χ3n) is 5.27. The lowest BCUT2D eigenvalue weighted by Crippen LogP contribution is -2.23. The molecule has 1 aromatic heterocycles. The maximum atomic E-state index is 13.1. The lowest BCUT2D eigenvalue weighted by molar-refractivity contribution is 0.102. The molecule has 0 spiro atoms. The number of amides is 1. The first-order valence-electron chi connectivity index (χ1n) is 10.1. The molecule has 0 fully saturated rings. The van der Waals surface area contributed by atoms with Crippen molar-refractivity contribution in [1.82, 2.24) is 9.36 Å². The molecule has 162 valence electrons. The molecular formula is C25H22ClN3O3. The Balaban J connectivity index is 1.61. The zero-order valence-electron chi connectivity index (χ0n) is 17.7. The van der Waals surface area contributed by atoms with Crippen LogP contribution in [0.1, 0.15) is 21.6 Å². The highest BCUT2D eigenvalue weighted by Crippen LogP contribution is 2.23. The van der Waals surface area contributed by atoms with Gasteiger partial charge in [-0.2, -0.15) is 0 Å². The lowest BCUT2D eigenvalue weighted by Gasteiger charge is -2.12. The summed E-state index contributed by atoms with van der Waals surface area (Å²) in [6.45, 7) is 2.01. The van der Waals surface area contributed by atoms with Crippen molar-refractivity contribution in [2.45, 2.75) is 13.5 Å². The molecule has 7 heteroatoms. The molecule has 3 aromatic carbocycles. The molecule has 0 unspecified atom stereocenters. The maximum Gasteiger partial charge on any atom is 0.295 e. The zero-order valence-corrected chi connectivity index (χ0v) is 18.5. The molecule has 0 bridgehead atoms. The Morgan fingerprint density at radius 3 is 2.38 bits per heavy atom. The minimum atomic E-state index is -0.425. The van der Waals surface area contributed by atoms with E-state index in [2.05, 4.69) is 5.32 Å². The van der Waals surface area contributed by atoms with Crippen LogP contribution in [0.2, 0.25) is 5.02 Å². The number of carbonyl (C=O) groups is 1. The molecule has 1 amide bonds. The maximum absolute atomic E-state index is 13.1. The molecule has 4 rings (SSSR count). The summed E-state index contributed by atoms with van der Waals surface area (Å²) in [5.41, 5.74) is 2.41. The summed E-state index contributed by atoms with van der Waals surface area (Å²) in [6.07, 6.45) is 0. The topological polar surface area (TPSA) is 65.3 Å². The molecule has 0 aliphatic heterocycles. The van der Waals surface area contributed by atoms with Gasteiger partial charge in [-0.3, -0.25) is 14.3 Å². The van der Waals surface area contributed by atoms with E-state index in [0.717, 1.165) is 5.56 Å². The fourth-order valence-electron chi connectivity index (χ4n) is 3.44. The van der Waals surface area contributed by atoms with Gasteiger partial charge in [-0.1, -0.05) is 60.1 Å². The number of para-hydroxylation sites is 2. The number of halogens is 1. The van der Waals surface area contributed by atoms with Crippen LogP contribution in [-0.2, 0) is 13.7 Å². The average Bonchev–Trinajstić information content (AvgIpc) is 3.02. The highest BCUT2D eigenvalue weighted by Gasteiger charge is 2.20. The van der Waals surface area contributed by atoms with Gasteiger partial charge in [-0.15, -0.1) is 0 Å². The van der Waals surface area contributed by atoms with Crippen LogP contribution in [-0.4, -0.2) is 15.3 Å². The van der Waals surface area contributed by atoms with Crippen LogP contribution < -0.4 is 15.6 Å². The second-order valence-electron chi connectivity index (χ2n) is 7.27. The number of aromatic nitrogens is 2. The van der Waals surface area contributed by atoms with Crippen molar-refractivity contribution in [3.8, 4) is 11.4 Å². The number of benzene rings is 3. The summed E-state index contributed by atoms with van der Waals surface area (Å²) < 4.78 is 9.12. The summed E-state index contributed by atoms with van der Waals surface area (Å²) in [5.74, 6) is -0.0207. The van der Waals surface area contributed by atoms with E-state index in [9.17, 15) is 9.59 Å². The van der Waals surface area contributed by atoms with Crippen LogP contribution in [0.3, 0.4) is 0 Å². The lowest BCUT2D eigenvalue weighted by atomic mass is 10.1. The largest absolute Gasteiger partial charge is 0.488 e. The summed E-state index contributed by atoms with van der Waals surface area (Å²) >= 11 is 6.20. The van der Waals surface area contributed by atoms with Crippen LogP contribution in [0.25, 0.3) is 5.69 Å². The fraction of sp³-hybridized carbons (Fsp3) is 0.120. The van der Waals surface area contributed by atoms with E-state index in [0.29, 0.717) is 27.7 Å². The summed E-state index contributed by atoms with van der Waals surface area (Å²) in [4.78, 5) is 26.2. The first kappa shape index (κ1) is 21.5. The molecule has 0 saturated heterocycles. The predicted molar refractivity (Wildman–Crippen MR) is 126 cm³/mol. The van der Waals surface area contributed by atoms with Gasteiger partial charge in [0.25, 0.3) is 11.5 Å². The third kappa shape index (κ3) is 4.18. The molecule has 0 atom stereocenters. The van der Waals surface area contributed by atoms with E-state index >= 15 is 0 Å². The molecule has 32 heavy (non-hydrogen) atoms. The van der Waals surface area contributed by atoms with E-state index in [1.54, 1.807) is 49.0 Å². The van der Waals surface area contributed by atoms with Crippen LogP contribution in [0.4, 0.5) is 5.69 Å². The highest BCUT2D eigenvalue weighted by atomic mass is 35.5. The van der Waals surface area contributed by atoms with Crippen LogP contribution in [0.15, 0.2) is 83.7 Å². The van der Waals surface area contributed by atoms with E-state index in [4.69, 9.17) is 16.3 Å². The molecule has 6 nitrogen and oxygen atoms in total. The number of anilines is 1. The number of hydrogen-bond acceptors (Lipinski definition) is 3. The Bertz CT molecular complexity index is 1330. The number of rotatable bonds is 6. The van der Waals surface area contributed by atoms with Crippen LogP contribution in [0, 0.1) is 6.92 Å². The fourth-order valence-corrected chi connectivity index (χ4v) is 3.63. The molecule has 0 saturated carbocycles. The third-order valence-corrected chi connectivity index (χ3v) is 5.63. The normalized spacial score (nSPS) is 10.7. The molecule has 4 aromatic rings. The minimum absolute atomic E-state index is 0.217. The Kier molecular flexibility index (Phi) is 6.14. The summed E-state index contributed by atoms with van der Waals surface area (Å²) in [5, 5.41) is 3.37. The zero-order chi connectivity index (χ0) is 22.7. The van der Waals surface area contributed by atoms with Crippen LogP contribution >= 0.6 is 11.6 Å². The van der Waals surface area contributed by atoms with Crippen molar-refractivity contribution < 1.29 is 9.53 Å². The van der Waals surface area contributed by atoms with Crippen molar-refractivity contribution in [2.75, 3.05) is 5.32 Å². The number of carbonyl (C=O) groups excluding carboxylic acids is 1. The molecule has 1 heterocycles. The van der Waals surface area contributed by atoms with Gasteiger partial charge in [0, 0.05) is 17.6 Å². The van der Waals surface area contributed by atoms with Crippen molar-refractivity contribution in [2.24, 2.45) is 7.05 Å². The molecule has 0 aliphatic carbocycles. The van der Waals surface area contributed by atoms with Gasteiger partial charge in [0.2, 0.25) is 0 Å². The Labute approximate surface area is 190 Å². The second kappa shape index (κ2) is 9.16. The van der Waals surface area contributed by atoms with Crippen molar-refractivity contribution in [3.63, 3.8) is 0 Å². The Morgan fingerprint density at radius 1 is 0.969 bits per heavy atom. The van der Waals surface area contributed by atoms with Gasteiger partial charge in [-0.05, 0) is 37.3 Å². The van der Waals surface area contributed by atoms with Crippen LogP contribution in [0.5, 0.6) is 5.75 Å². The SMILES string of the molecule is Cc1c(NC(=O)c2ccccc2OCc2ccccc2Cl)c(=O)n(-c2ccccc2)n1C. The first-order chi connectivity index (χ1) is 15.5. The van der Waals surface area contributed by atoms with Gasteiger partial charge in [0.1, 0.15) is 18.0 Å². The van der Waals surface area contributed by atoms with Gasteiger partial charge in [0.05, 0.1) is 16.9 Å². The second-order valence-corrected chi connectivity index (χ2v) is 7.67. The minimum Gasteiger partial charge on any atom is -0.488 e. The molecule has 0 radical (unpaired) electrons. The monoisotopic (exact) mass is 447 g/mol. The van der Waals surface area contributed by atoms with E-state index < -0.39 is 5.91 Å². The quantitative estimate of drug-likeness (QED) is 0.454. The van der Waals surface area contributed by atoms with Crippen molar-refractivity contribution in [1.29, 1.82) is 0 Å². The van der Waals surface area contributed by atoms with Gasteiger partial charge >= 0.3 is 0 Å². The number of nitrogens with one attached hydrogen (secondary N) is 1. The summed E-state index contributed by atoms with van der Waals surface area (Å²) in [7, 11) is 1.78. The summed E-state index contributed by atoms with van der Waals surface area (Å²) in [6, 6.07) is 23.5. The Hall–Kier alpha value is -3.77. The van der Waals surface area contributed by atoms with E-state index in [1.165, 1.54) is 4.68 Å². The smallest absolute Gasteiger partial charge is 0.295 e. The van der Waals surface area contributed by atoms with Gasteiger partial charge in [0.15, 0.2) is 0 Å². The van der Waals surface area contributed by atoms with Crippen molar-refractivity contribution >= 4 is 23.2 Å². The molecule has 0 aliphatic rings. The number of ether oxygens (including phenoxy) is 1. The van der Waals surface area contributed by atoms with Crippen molar-refractivity contribution in [3.05, 3.63) is 111 Å². The predicted octanol–water partition coefficient (Wildman–Crippen LogP) is 4.97. The molecule has 1 N–H and O–H groups in total. The first-order valence-corrected chi connectivity index (χ1v) is 10.5. The number of nitrogens with zero attached hydrogens (tertiary/aromatic N) is 2. The molecular weight excluding hydrogens is 426 g/mol. The van der Waals surface area contributed by atoms with Gasteiger partial charge < -0.3 is 10.1 Å². The van der Waals surface area contributed by atoms with E-state index in [-0.39, 0.29) is 17.9 Å². The highest BCUT2D eigenvalue weighted by molar-refractivity contribution is 6.31. The number of hydrogen-bond donors (Lipinski definition) is 1.